The molecule has 32 heteroatoms. The number of nitrogens with two attached hydrogens (primary N) is 1. The Kier molecular flexibility index (Phi) is 30.3. The van der Waals surface area contributed by atoms with Gasteiger partial charge in [0.1, 0.15) is 64.8 Å². The number of aliphatic hydroxyl groups excluding tert-OH is 2. The zero-order chi connectivity index (χ0) is 83.1. The smallest absolute Gasteiger partial charge is 0.245 e. The van der Waals surface area contributed by atoms with Gasteiger partial charge >= 0.3 is 0 Å². The summed E-state index contributed by atoms with van der Waals surface area (Å²) < 4.78 is 15.0. The van der Waals surface area contributed by atoms with Crippen molar-refractivity contribution in [2.45, 2.75) is 212 Å². The summed E-state index contributed by atoms with van der Waals surface area (Å²) in [5, 5.41) is 54.9. The van der Waals surface area contributed by atoms with Gasteiger partial charge in [0.15, 0.2) is 11.6 Å². The van der Waals surface area contributed by atoms with Crippen LogP contribution >= 0.6 is 23.5 Å². The van der Waals surface area contributed by atoms with Gasteiger partial charge in [0.25, 0.3) is 0 Å². The number of hydrogen-bond donors (Lipinski definition) is 14. The van der Waals surface area contributed by atoms with Crippen LogP contribution in [0.4, 0.5) is 4.39 Å². The van der Waals surface area contributed by atoms with Crippen LogP contribution in [0.25, 0.3) is 21.9 Å². The second-order valence-electron chi connectivity index (χ2n) is 31.8. The maximum Gasteiger partial charge on any atom is 0.245 e. The third kappa shape index (κ3) is 23.6. The van der Waals surface area contributed by atoms with Crippen molar-refractivity contribution in [2.75, 3.05) is 18.1 Å². The number of fused-ring (bicyclic) bond motifs is 5. The fourth-order valence-electron chi connectivity index (χ4n) is 13.8. The SMILES string of the molecule is CC(=O)C[C@H]1CSCc2cccc(c2)CSC[C@H](C(N)=O)NC(=O)[C@H]([C@H](C)O)NC(=O)[C@](C)(C(C)C)CC(=O)[C@H](Cc2ccc(O)cc2)NC(=O)[C@H](C)NC(=O)C(C)(C)NC(=O)[C@H](Cc2c[nH]c3ncccc23)NC(=O)[C@H]([C@@H](C)O)NC(=O)[C@@H]2CCCN2C(=O)[C@H](Cc2c[nH]c3ccc(F)cc23)CC(=O)[C@H](C(C)(C)C)NC1=O. The molecule has 0 saturated carbocycles. The second kappa shape index (κ2) is 38.7. The molecule has 2 bridgehead atoms. The fraction of sp³-hybridized carbons (Fsp3) is 0.506. The second-order valence-corrected chi connectivity index (χ2v) is 33.9. The number of carbonyl (C=O) groups excluding carboxylic acids is 13. The van der Waals surface area contributed by atoms with E-state index in [4.69, 9.17) is 5.73 Å². The molecule has 2 aliphatic rings. The van der Waals surface area contributed by atoms with Crippen LogP contribution in [-0.4, -0.2) is 196 Å². The number of thioether (sulfide) groups is 2. The van der Waals surface area contributed by atoms with Gasteiger partial charge in [-0.25, -0.2) is 9.37 Å². The first kappa shape index (κ1) is 88.5. The minimum atomic E-state index is -1.91. The van der Waals surface area contributed by atoms with E-state index in [0.717, 1.165) is 11.1 Å². The van der Waals surface area contributed by atoms with E-state index in [1.807, 2.05) is 24.3 Å². The van der Waals surface area contributed by atoms with Gasteiger partial charge in [-0.3, -0.25) is 57.5 Å². The zero-order valence-electron chi connectivity index (χ0n) is 65.8. The van der Waals surface area contributed by atoms with E-state index >= 15 is 9.59 Å². The summed E-state index contributed by atoms with van der Waals surface area (Å²) in [6, 6.07) is 8.83. The number of rotatable bonds is 12. The third-order valence-electron chi connectivity index (χ3n) is 20.9. The van der Waals surface area contributed by atoms with Crippen LogP contribution in [0, 0.1) is 34.4 Å². The number of phenols is 1. The van der Waals surface area contributed by atoms with Crippen LogP contribution in [0.3, 0.4) is 0 Å². The fourth-order valence-corrected chi connectivity index (χ4v) is 15.9. The van der Waals surface area contributed by atoms with Crippen molar-refractivity contribution >= 4 is 122 Å². The van der Waals surface area contributed by atoms with Crippen molar-refractivity contribution < 1.29 is 82.0 Å². The Labute approximate surface area is 664 Å². The van der Waals surface area contributed by atoms with Gasteiger partial charge in [0.05, 0.1) is 35.6 Å². The lowest BCUT2D eigenvalue weighted by Gasteiger charge is -2.35. The van der Waals surface area contributed by atoms with Crippen molar-refractivity contribution in [3.63, 3.8) is 0 Å². The van der Waals surface area contributed by atoms with Crippen molar-refractivity contribution in [1.82, 2.24) is 62.4 Å². The highest BCUT2D eigenvalue weighted by atomic mass is 32.2. The van der Waals surface area contributed by atoms with Crippen LogP contribution in [0.1, 0.15) is 143 Å². The quantitative estimate of drug-likeness (QED) is 0.0803. The molecule has 10 amide bonds. The molecule has 0 radical (unpaired) electrons. The molecular weight excluding hydrogens is 1490 g/mol. The molecule has 5 heterocycles. The molecule has 1 saturated heterocycles. The molecule has 0 aliphatic carbocycles. The number of nitrogens with one attached hydrogen (secondary N) is 10. The number of phenolic OH excluding ortho intramolecular Hbond substituents is 1. The number of carbonyl (C=O) groups is 13. The summed E-state index contributed by atoms with van der Waals surface area (Å²) in [5.74, 6) is -13.0. The van der Waals surface area contributed by atoms with Crippen molar-refractivity contribution in [1.29, 1.82) is 0 Å². The minimum Gasteiger partial charge on any atom is -0.508 e. The highest BCUT2D eigenvalue weighted by Gasteiger charge is 2.46. The highest BCUT2D eigenvalue weighted by molar-refractivity contribution is 7.98. The normalized spacial score (nSPS) is 25.5. The molecule has 3 aromatic carbocycles. The molecule has 610 valence electrons. The standard InChI is InChI=1S/C81H106FN13O16S2/c1-42(2)81(12)35-64(101)59(30-47-20-23-55(99)24-21-47)88-70(103)44(4)87-77(110)80(10,11)94-72(105)60(32-52-37-86-69-56(52)18-14-26-84-69)89-74(107)65(45(5)97)91-73(106)62-19-15-27-95(62)76(109)50(31-51-36-85-58-25-22-54(82)34-57(51)58)33-63(100)67(79(7,8)9)93-71(104)53(28-43(3)96)40-112-38-48-16-13-17-49(29-48)39-113-41-61(68(83)102)90-75(108)66(46(6)98)92-78(81)111/h13-14,16-18,20-26,29,34,36-37,42,44-46,50,53,59-62,65-67,85,97-99H,15,19,27-28,30-33,35,38-41H2,1-12H3,(H2,83,102)(H,84,86)(H,87,110)(H,88,103)(H,89,107)(H,90,108)(H,91,106)(H,92,111)(H,93,104)(H,94,105)/t44-,45+,46-,50+,53-,59-,60-,61+,62-,65-,66-,67+,81-/m0/s1. The molecule has 13 atom stereocenters. The Hall–Kier alpha value is -10.1. The Morgan fingerprint density at radius 2 is 1.29 bits per heavy atom. The lowest BCUT2D eigenvalue weighted by molar-refractivity contribution is -0.144. The molecule has 6 aromatic rings. The van der Waals surface area contributed by atoms with Gasteiger partial charge in [-0.1, -0.05) is 77.9 Å². The van der Waals surface area contributed by atoms with E-state index < -0.39 is 184 Å². The summed E-state index contributed by atoms with van der Waals surface area (Å²) in [6.45, 7) is 17.7. The number of H-pyrrole nitrogens is 2. The maximum absolute atomic E-state index is 15.4. The Balaban J connectivity index is 1.13. The number of amides is 10. The number of aromatic hydroxyl groups is 1. The summed E-state index contributed by atoms with van der Waals surface area (Å²) in [7, 11) is 0. The predicted octanol–water partition coefficient (Wildman–Crippen LogP) is 4.48. The van der Waals surface area contributed by atoms with Crippen LogP contribution in [0.2, 0.25) is 0 Å². The first-order valence-electron chi connectivity index (χ1n) is 37.8. The van der Waals surface area contributed by atoms with E-state index in [0.29, 0.717) is 50.1 Å². The van der Waals surface area contributed by atoms with Crippen LogP contribution in [0.15, 0.2) is 97.5 Å². The number of ketones is 3. The first-order chi connectivity index (χ1) is 53.1. The number of aromatic amines is 2. The largest absolute Gasteiger partial charge is 0.508 e. The van der Waals surface area contributed by atoms with E-state index in [9.17, 15) is 72.4 Å². The summed E-state index contributed by atoms with van der Waals surface area (Å²) in [6.07, 6.45) is -0.0705. The minimum absolute atomic E-state index is 0.00253. The molecule has 113 heavy (non-hydrogen) atoms. The molecule has 29 nitrogen and oxygen atoms in total. The molecule has 1 fully saturated rings. The molecule has 0 spiro atoms. The third-order valence-corrected chi connectivity index (χ3v) is 23.2. The number of aliphatic hydroxyl groups is 2. The van der Waals surface area contributed by atoms with Gasteiger partial charge in [-0.05, 0) is 149 Å². The van der Waals surface area contributed by atoms with E-state index in [1.54, 1.807) is 59.1 Å². The average molecular weight is 1600 g/mol. The lowest BCUT2D eigenvalue weighted by atomic mass is 9.73. The van der Waals surface area contributed by atoms with Crippen LogP contribution < -0.4 is 48.3 Å². The summed E-state index contributed by atoms with van der Waals surface area (Å²) >= 11 is 2.61. The number of benzene rings is 3. The van der Waals surface area contributed by atoms with Crippen molar-refractivity contribution in [3.8, 4) is 5.75 Å². The molecule has 2 aliphatic heterocycles. The average Bonchev–Trinajstić information content (AvgIpc) is 1.72. The number of Topliss-reactive ketones (excluding diaryl/α,β-unsaturated/α-hetero) is 3. The number of primary amides is 1. The summed E-state index contributed by atoms with van der Waals surface area (Å²) in [5.41, 5.74) is 5.25. The van der Waals surface area contributed by atoms with Crippen molar-refractivity contribution in [2.24, 2.45) is 34.3 Å². The Morgan fingerprint density at radius 1 is 0.664 bits per heavy atom. The van der Waals surface area contributed by atoms with Gasteiger partial charge in [0, 0.05) is 96.0 Å². The lowest BCUT2D eigenvalue weighted by Crippen LogP contribution is -2.63. The highest BCUT2D eigenvalue weighted by Crippen LogP contribution is 2.35. The summed E-state index contributed by atoms with van der Waals surface area (Å²) in [4.78, 5) is 200. The topological polar surface area (TPSA) is 453 Å². The first-order valence-corrected chi connectivity index (χ1v) is 40.1. The number of nitrogens with zero attached hydrogens (tertiary/aromatic N) is 2. The molecular formula is C81H106FN13O16S2. The van der Waals surface area contributed by atoms with Gasteiger partial charge in [-0.15, -0.1) is 0 Å². The number of hydrogen-bond acceptors (Lipinski definition) is 19. The Morgan fingerprint density at radius 3 is 1.93 bits per heavy atom. The molecule has 15 N–H and O–H groups in total. The van der Waals surface area contributed by atoms with Gasteiger partial charge < -0.3 is 83.2 Å². The van der Waals surface area contributed by atoms with Gasteiger partial charge in [-0.2, -0.15) is 23.5 Å². The van der Waals surface area contributed by atoms with Crippen molar-refractivity contribution in [3.05, 3.63) is 131 Å². The number of aromatic nitrogens is 3. The van der Waals surface area contributed by atoms with E-state index in [-0.39, 0.29) is 68.1 Å². The van der Waals surface area contributed by atoms with E-state index in [1.165, 1.54) is 126 Å². The zero-order valence-corrected chi connectivity index (χ0v) is 67.4. The number of halogens is 1. The monoisotopic (exact) mass is 1600 g/mol. The molecule has 0 unspecified atom stereocenters. The van der Waals surface area contributed by atoms with E-state index in [2.05, 4.69) is 57.5 Å². The van der Waals surface area contributed by atoms with Crippen LogP contribution in [-0.2, 0) is 93.1 Å². The Bertz CT molecular complexity index is 4500. The predicted molar refractivity (Wildman–Crippen MR) is 425 cm³/mol. The maximum atomic E-state index is 15.4. The molecule has 8 rings (SSSR count). The molecule has 3 aromatic heterocycles. The van der Waals surface area contributed by atoms with Gasteiger partial charge in [0.2, 0.25) is 59.1 Å². The van der Waals surface area contributed by atoms with Crippen LogP contribution in [0.5, 0.6) is 5.75 Å². The number of pyridine rings is 1.